The molecular formula is C13H15BrN2O3S. The molecule has 2 rings (SSSR count). The lowest BCUT2D eigenvalue weighted by molar-refractivity contribution is 0.0728. The van der Waals surface area contributed by atoms with Crippen molar-refractivity contribution in [2.45, 2.75) is 12.5 Å². The van der Waals surface area contributed by atoms with E-state index < -0.39 is 11.4 Å². The minimum Gasteiger partial charge on any atom is -0.397 e. The largest absolute Gasteiger partial charge is 0.397 e. The number of aliphatic hydroxyl groups is 2. The number of benzene rings is 1. The summed E-state index contributed by atoms with van der Waals surface area (Å²) in [7, 11) is 0. The van der Waals surface area contributed by atoms with Crippen LogP contribution >= 0.6 is 27.3 Å². The predicted molar refractivity (Wildman–Crippen MR) is 84.0 cm³/mol. The van der Waals surface area contributed by atoms with Gasteiger partial charge in [0.25, 0.3) is 5.91 Å². The second-order valence-electron chi connectivity index (χ2n) is 4.82. The SMILES string of the molecule is CC(CO)(CO)NC(=O)c1sc2cc(Br)ccc2c1N. The first-order chi connectivity index (χ1) is 9.40. The number of carbonyl (C=O) groups excluding carboxylic acids is 1. The van der Waals surface area contributed by atoms with Gasteiger partial charge in [0.1, 0.15) is 4.88 Å². The lowest BCUT2D eigenvalue weighted by atomic mass is 10.1. The molecule has 1 aromatic heterocycles. The van der Waals surface area contributed by atoms with Gasteiger partial charge in [0.2, 0.25) is 0 Å². The Balaban J connectivity index is 2.38. The van der Waals surface area contributed by atoms with Gasteiger partial charge in [-0.05, 0) is 19.1 Å². The molecule has 0 radical (unpaired) electrons. The highest BCUT2D eigenvalue weighted by Crippen LogP contribution is 2.35. The average Bonchev–Trinajstić information content (AvgIpc) is 2.75. The third kappa shape index (κ3) is 2.80. The monoisotopic (exact) mass is 358 g/mol. The smallest absolute Gasteiger partial charge is 0.264 e. The van der Waals surface area contributed by atoms with E-state index in [2.05, 4.69) is 21.2 Å². The Morgan fingerprint density at radius 3 is 2.70 bits per heavy atom. The molecule has 0 aliphatic rings. The van der Waals surface area contributed by atoms with E-state index in [1.165, 1.54) is 11.3 Å². The molecule has 2 aromatic rings. The Morgan fingerprint density at radius 2 is 2.10 bits per heavy atom. The molecule has 108 valence electrons. The van der Waals surface area contributed by atoms with Crippen molar-refractivity contribution in [3.05, 3.63) is 27.5 Å². The number of aliphatic hydroxyl groups excluding tert-OH is 2. The van der Waals surface area contributed by atoms with Crippen LogP contribution in [-0.2, 0) is 0 Å². The Bertz CT molecular complexity index is 652. The third-order valence-corrected chi connectivity index (χ3v) is 4.67. The van der Waals surface area contributed by atoms with E-state index in [1.54, 1.807) is 6.92 Å². The molecule has 5 nitrogen and oxygen atoms in total. The van der Waals surface area contributed by atoms with Gasteiger partial charge in [0.05, 0.1) is 24.4 Å². The fraction of sp³-hybridized carbons (Fsp3) is 0.308. The fourth-order valence-electron chi connectivity index (χ4n) is 1.72. The summed E-state index contributed by atoms with van der Waals surface area (Å²) in [5, 5.41) is 21.9. The maximum Gasteiger partial charge on any atom is 0.264 e. The molecule has 0 spiro atoms. The number of halogens is 1. The van der Waals surface area contributed by atoms with Gasteiger partial charge in [0.15, 0.2) is 0 Å². The van der Waals surface area contributed by atoms with Crippen LogP contribution < -0.4 is 11.1 Å². The summed E-state index contributed by atoms with van der Waals surface area (Å²) >= 11 is 4.65. The quantitative estimate of drug-likeness (QED) is 0.669. The zero-order chi connectivity index (χ0) is 14.9. The Hall–Kier alpha value is -1.15. The highest BCUT2D eigenvalue weighted by Gasteiger charge is 2.27. The van der Waals surface area contributed by atoms with E-state index in [0.717, 1.165) is 14.6 Å². The molecule has 0 bridgehead atoms. The Labute approximate surface area is 128 Å². The number of anilines is 1. The van der Waals surface area contributed by atoms with Crippen molar-refractivity contribution in [3.8, 4) is 0 Å². The molecule has 20 heavy (non-hydrogen) atoms. The molecule has 1 amide bonds. The maximum atomic E-state index is 12.2. The number of carbonyl (C=O) groups is 1. The standard InChI is InChI=1S/C13H15BrN2O3S/c1-13(5-17,6-18)16-12(19)11-10(15)8-3-2-7(14)4-9(8)20-11/h2-4,17-18H,5-6,15H2,1H3,(H,16,19). The van der Waals surface area contributed by atoms with Gasteiger partial charge in [-0.3, -0.25) is 4.79 Å². The second-order valence-corrected chi connectivity index (χ2v) is 6.78. The predicted octanol–water partition coefficient (Wildman–Crippen LogP) is 1.72. The first kappa shape index (κ1) is 15.2. The number of fused-ring (bicyclic) bond motifs is 1. The lowest BCUT2D eigenvalue weighted by Gasteiger charge is -2.25. The molecular weight excluding hydrogens is 344 g/mol. The molecule has 1 aromatic carbocycles. The molecule has 1 heterocycles. The summed E-state index contributed by atoms with van der Waals surface area (Å²) in [5.74, 6) is -0.398. The number of nitrogen functional groups attached to an aromatic ring is 1. The fourth-order valence-corrected chi connectivity index (χ4v) is 3.29. The summed E-state index contributed by atoms with van der Waals surface area (Å²) in [5.41, 5.74) is 5.34. The number of nitrogens with two attached hydrogens (primary N) is 1. The van der Waals surface area contributed by atoms with Crippen LogP contribution in [0.15, 0.2) is 22.7 Å². The van der Waals surface area contributed by atoms with Gasteiger partial charge >= 0.3 is 0 Å². The van der Waals surface area contributed by atoms with E-state index in [-0.39, 0.29) is 13.2 Å². The van der Waals surface area contributed by atoms with Crippen LogP contribution in [0.1, 0.15) is 16.6 Å². The van der Waals surface area contributed by atoms with Crippen LogP contribution in [0.4, 0.5) is 5.69 Å². The molecule has 0 fully saturated rings. The molecule has 0 aliphatic heterocycles. The van der Waals surface area contributed by atoms with Crippen LogP contribution in [0, 0.1) is 0 Å². The van der Waals surface area contributed by atoms with E-state index in [4.69, 9.17) is 5.73 Å². The molecule has 7 heteroatoms. The van der Waals surface area contributed by atoms with Crippen LogP contribution in [0.2, 0.25) is 0 Å². The normalized spacial score (nSPS) is 11.8. The third-order valence-electron chi connectivity index (χ3n) is 3.01. The van der Waals surface area contributed by atoms with Crippen molar-refractivity contribution >= 4 is 48.9 Å². The minimum atomic E-state index is -1.07. The molecule has 5 N–H and O–H groups in total. The molecule has 0 unspecified atom stereocenters. The van der Waals surface area contributed by atoms with E-state index in [0.29, 0.717) is 10.6 Å². The summed E-state index contributed by atoms with van der Waals surface area (Å²) in [6, 6.07) is 5.60. The average molecular weight is 359 g/mol. The van der Waals surface area contributed by atoms with E-state index in [9.17, 15) is 15.0 Å². The zero-order valence-electron chi connectivity index (χ0n) is 10.8. The van der Waals surface area contributed by atoms with Gasteiger partial charge in [-0.15, -0.1) is 11.3 Å². The van der Waals surface area contributed by atoms with Crippen molar-refractivity contribution in [2.75, 3.05) is 18.9 Å². The molecule has 0 saturated carbocycles. The number of amides is 1. The number of thiophene rings is 1. The maximum absolute atomic E-state index is 12.2. The van der Waals surface area contributed by atoms with E-state index >= 15 is 0 Å². The van der Waals surface area contributed by atoms with Crippen molar-refractivity contribution < 1.29 is 15.0 Å². The van der Waals surface area contributed by atoms with Crippen LogP contribution in [0.5, 0.6) is 0 Å². The van der Waals surface area contributed by atoms with Gasteiger partial charge in [0, 0.05) is 14.6 Å². The Kier molecular flexibility index (Phi) is 4.33. The van der Waals surface area contributed by atoms with Crippen molar-refractivity contribution in [2.24, 2.45) is 0 Å². The first-order valence-corrected chi connectivity index (χ1v) is 7.53. The Morgan fingerprint density at radius 1 is 1.45 bits per heavy atom. The summed E-state index contributed by atoms with van der Waals surface area (Å²) < 4.78 is 1.81. The highest BCUT2D eigenvalue weighted by molar-refractivity contribution is 9.10. The van der Waals surface area contributed by atoms with Crippen LogP contribution in [-0.4, -0.2) is 34.9 Å². The lowest BCUT2D eigenvalue weighted by Crippen LogP contribution is -2.51. The summed E-state index contributed by atoms with van der Waals surface area (Å²) in [6.07, 6.45) is 0. The van der Waals surface area contributed by atoms with Gasteiger partial charge < -0.3 is 21.3 Å². The number of nitrogens with one attached hydrogen (secondary N) is 1. The van der Waals surface area contributed by atoms with Crippen LogP contribution in [0.3, 0.4) is 0 Å². The van der Waals surface area contributed by atoms with Gasteiger partial charge in [-0.1, -0.05) is 22.0 Å². The van der Waals surface area contributed by atoms with Crippen molar-refractivity contribution in [1.29, 1.82) is 0 Å². The zero-order valence-corrected chi connectivity index (χ0v) is 13.2. The highest BCUT2D eigenvalue weighted by atomic mass is 79.9. The van der Waals surface area contributed by atoms with E-state index in [1.807, 2.05) is 18.2 Å². The van der Waals surface area contributed by atoms with Gasteiger partial charge in [-0.25, -0.2) is 0 Å². The number of hydrogen-bond acceptors (Lipinski definition) is 5. The number of hydrogen-bond donors (Lipinski definition) is 4. The van der Waals surface area contributed by atoms with Crippen LogP contribution in [0.25, 0.3) is 10.1 Å². The van der Waals surface area contributed by atoms with Crippen molar-refractivity contribution in [1.82, 2.24) is 5.32 Å². The molecule has 0 atom stereocenters. The van der Waals surface area contributed by atoms with Crippen molar-refractivity contribution in [3.63, 3.8) is 0 Å². The number of rotatable bonds is 4. The topological polar surface area (TPSA) is 95.6 Å². The molecule has 0 aliphatic carbocycles. The summed E-state index contributed by atoms with van der Waals surface area (Å²) in [4.78, 5) is 12.6. The first-order valence-electron chi connectivity index (χ1n) is 5.92. The van der Waals surface area contributed by atoms with Gasteiger partial charge in [-0.2, -0.15) is 0 Å². The second kappa shape index (κ2) is 5.69. The molecule has 0 saturated heterocycles. The summed E-state index contributed by atoms with van der Waals surface area (Å²) in [6.45, 7) is 0.849. The minimum absolute atomic E-state index is 0.356.